The Labute approximate surface area is 141 Å². The maximum atomic E-state index is 7.44. The van der Waals surface area contributed by atoms with E-state index in [0.717, 1.165) is 28.0 Å². The molecule has 0 saturated carbocycles. The molecule has 2 N–H and O–H groups in total. The van der Waals surface area contributed by atoms with E-state index in [1.54, 1.807) is 6.92 Å². The highest BCUT2D eigenvalue weighted by atomic mass is 35.5. The summed E-state index contributed by atoms with van der Waals surface area (Å²) in [7, 11) is 0. The van der Waals surface area contributed by atoms with Gasteiger partial charge in [0.15, 0.2) is 5.82 Å². The molecule has 0 aliphatic rings. The Morgan fingerprint density at radius 2 is 1.77 bits per heavy atom. The van der Waals surface area contributed by atoms with E-state index in [4.69, 9.17) is 5.41 Å². The van der Waals surface area contributed by atoms with Crippen LogP contribution >= 0.6 is 24.8 Å². The predicted molar refractivity (Wildman–Crippen MR) is 96.5 cm³/mol. The summed E-state index contributed by atoms with van der Waals surface area (Å²) in [5.41, 5.74) is 2.78. The summed E-state index contributed by atoms with van der Waals surface area (Å²) in [5, 5.41) is 11.4. The number of hydrogen-bond acceptors (Lipinski definition) is 3. The van der Waals surface area contributed by atoms with Crippen molar-refractivity contribution in [2.45, 2.75) is 6.92 Å². The Balaban J connectivity index is 0.00000121. The van der Waals surface area contributed by atoms with Gasteiger partial charge in [-0.1, -0.05) is 30.3 Å². The summed E-state index contributed by atoms with van der Waals surface area (Å²) >= 11 is 0. The van der Waals surface area contributed by atoms with E-state index in [2.05, 4.69) is 15.3 Å². The minimum absolute atomic E-state index is 0. The number of fused-ring (bicyclic) bond motifs is 1. The minimum Gasteiger partial charge on any atom is -0.344 e. The third kappa shape index (κ3) is 3.93. The lowest BCUT2D eigenvalue weighted by Crippen LogP contribution is -2.04. The predicted octanol–water partition coefficient (Wildman–Crippen LogP) is 4.55. The van der Waals surface area contributed by atoms with Crippen molar-refractivity contribution in [2.24, 2.45) is 0 Å². The quantitative estimate of drug-likeness (QED) is 0.533. The van der Waals surface area contributed by atoms with Crippen LogP contribution < -0.4 is 5.32 Å². The van der Waals surface area contributed by atoms with Gasteiger partial charge in [-0.25, -0.2) is 9.97 Å². The number of anilines is 1. The van der Waals surface area contributed by atoms with Gasteiger partial charge in [0.1, 0.15) is 0 Å². The molecule has 0 fully saturated rings. The number of nitrogens with zero attached hydrogens (tertiary/aromatic N) is 2. The zero-order valence-electron chi connectivity index (χ0n) is 11.9. The monoisotopic (exact) mass is 334 g/mol. The largest absolute Gasteiger partial charge is 0.344 e. The molecule has 0 amide bonds. The van der Waals surface area contributed by atoms with Gasteiger partial charge < -0.3 is 5.32 Å². The molecule has 0 aliphatic carbocycles. The Bertz CT molecular complexity index is 775. The van der Waals surface area contributed by atoms with Gasteiger partial charge in [-0.3, -0.25) is 5.41 Å². The number of hydrogen-bond donors (Lipinski definition) is 2. The Kier molecular flexibility index (Phi) is 6.28. The summed E-state index contributed by atoms with van der Waals surface area (Å²) in [6.45, 7) is 1.71. The average molecular weight is 335 g/mol. The topological polar surface area (TPSA) is 61.7 Å². The first-order chi connectivity index (χ1) is 9.72. The van der Waals surface area contributed by atoms with Crippen molar-refractivity contribution in [1.29, 1.82) is 5.41 Å². The van der Waals surface area contributed by atoms with Gasteiger partial charge >= 0.3 is 0 Å². The van der Waals surface area contributed by atoms with Gasteiger partial charge in [-0.05, 0) is 25.1 Å². The molecule has 3 rings (SSSR count). The van der Waals surface area contributed by atoms with Crippen LogP contribution in [0.3, 0.4) is 0 Å². The molecule has 2 aromatic carbocycles. The first kappa shape index (κ1) is 17.9. The molecule has 1 aromatic heterocycles. The normalized spacial score (nSPS) is 9.50. The zero-order chi connectivity index (χ0) is 13.9. The van der Waals surface area contributed by atoms with Crippen molar-refractivity contribution < 1.29 is 0 Å². The first-order valence-electron chi connectivity index (χ1n) is 6.37. The smallest absolute Gasteiger partial charge is 0.159 e. The fourth-order valence-electron chi connectivity index (χ4n) is 2.05. The molecular formula is C16H16Cl2N4. The molecule has 4 nitrogen and oxygen atoms in total. The van der Waals surface area contributed by atoms with Gasteiger partial charge in [0, 0.05) is 22.8 Å². The highest BCUT2D eigenvalue weighted by Gasteiger charge is 2.03. The average Bonchev–Trinajstić information content (AvgIpc) is 2.47. The molecular weight excluding hydrogens is 319 g/mol. The highest BCUT2D eigenvalue weighted by Crippen LogP contribution is 2.20. The van der Waals surface area contributed by atoms with Gasteiger partial charge in [0.25, 0.3) is 0 Å². The van der Waals surface area contributed by atoms with Crippen LogP contribution in [0.15, 0.2) is 54.7 Å². The molecule has 6 heteroatoms. The molecule has 0 saturated heterocycles. The summed E-state index contributed by atoms with van der Waals surface area (Å²) < 4.78 is 0. The second-order valence-corrected chi connectivity index (χ2v) is 4.58. The molecule has 1 heterocycles. The van der Waals surface area contributed by atoms with Crippen LogP contribution in [0.5, 0.6) is 0 Å². The van der Waals surface area contributed by atoms with Crippen LogP contribution in [0.25, 0.3) is 22.3 Å². The zero-order valence-corrected chi connectivity index (χ0v) is 13.5. The Morgan fingerprint density at radius 3 is 2.45 bits per heavy atom. The first-order valence-corrected chi connectivity index (χ1v) is 6.37. The van der Waals surface area contributed by atoms with Gasteiger partial charge in [-0.15, -0.1) is 24.8 Å². The van der Waals surface area contributed by atoms with Crippen LogP contribution in [0.2, 0.25) is 0 Å². The van der Waals surface area contributed by atoms with Crippen molar-refractivity contribution >= 4 is 47.2 Å². The molecule has 0 bridgehead atoms. The van der Waals surface area contributed by atoms with E-state index in [9.17, 15) is 0 Å². The van der Waals surface area contributed by atoms with E-state index < -0.39 is 0 Å². The number of nitrogens with one attached hydrogen (secondary N) is 2. The van der Waals surface area contributed by atoms with Crippen molar-refractivity contribution in [2.75, 3.05) is 5.32 Å². The SMILES string of the molecule is CC(=N)Nc1ccc2nc(-c3ccccc3)ncc2c1.Cl.Cl. The van der Waals surface area contributed by atoms with Crippen LogP contribution in [-0.4, -0.2) is 15.8 Å². The number of aromatic nitrogens is 2. The third-order valence-corrected chi connectivity index (χ3v) is 2.94. The van der Waals surface area contributed by atoms with Crippen molar-refractivity contribution in [3.8, 4) is 11.4 Å². The van der Waals surface area contributed by atoms with Crippen LogP contribution in [0.4, 0.5) is 5.69 Å². The molecule has 114 valence electrons. The summed E-state index contributed by atoms with van der Waals surface area (Å²) in [5.74, 6) is 1.13. The number of halogens is 2. The lowest BCUT2D eigenvalue weighted by atomic mass is 10.2. The fraction of sp³-hybridized carbons (Fsp3) is 0.0625. The molecule has 0 unspecified atom stereocenters. The lowest BCUT2D eigenvalue weighted by Gasteiger charge is -2.06. The molecule has 3 aromatic rings. The molecule has 0 aliphatic heterocycles. The Hall–Kier alpha value is -2.17. The summed E-state index contributed by atoms with van der Waals surface area (Å²) in [4.78, 5) is 8.98. The maximum Gasteiger partial charge on any atom is 0.159 e. The van der Waals surface area contributed by atoms with Gasteiger partial charge in [0.05, 0.1) is 11.4 Å². The lowest BCUT2D eigenvalue weighted by molar-refractivity contribution is 1.23. The van der Waals surface area contributed by atoms with E-state index in [-0.39, 0.29) is 24.8 Å². The molecule has 0 radical (unpaired) electrons. The van der Waals surface area contributed by atoms with Crippen molar-refractivity contribution in [3.05, 3.63) is 54.7 Å². The molecule has 0 atom stereocenters. The Morgan fingerprint density at radius 1 is 1.05 bits per heavy atom. The van der Waals surface area contributed by atoms with Gasteiger partial charge in [0.2, 0.25) is 0 Å². The summed E-state index contributed by atoms with van der Waals surface area (Å²) in [6.07, 6.45) is 1.81. The van der Waals surface area contributed by atoms with E-state index in [0.29, 0.717) is 5.84 Å². The fourth-order valence-corrected chi connectivity index (χ4v) is 2.05. The number of benzene rings is 2. The number of amidine groups is 1. The second kappa shape index (κ2) is 7.73. The van der Waals surface area contributed by atoms with Crippen molar-refractivity contribution in [1.82, 2.24) is 9.97 Å². The molecule has 0 spiro atoms. The van der Waals surface area contributed by atoms with Crippen LogP contribution in [0.1, 0.15) is 6.92 Å². The van der Waals surface area contributed by atoms with Gasteiger partial charge in [-0.2, -0.15) is 0 Å². The van der Waals surface area contributed by atoms with E-state index >= 15 is 0 Å². The maximum absolute atomic E-state index is 7.44. The third-order valence-electron chi connectivity index (χ3n) is 2.94. The van der Waals surface area contributed by atoms with E-state index in [1.807, 2.05) is 54.7 Å². The minimum atomic E-state index is 0. The second-order valence-electron chi connectivity index (χ2n) is 4.58. The highest BCUT2D eigenvalue weighted by molar-refractivity contribution is 5.93. The van der Waals surface area contributed by atoms with Crippen LogP contribution in [0, 0.1) is 5.41 Å². The number of rotatable bonds is 2. The standard InChI is InChI=1S/C16H14N4.2ClH/c1-11(17)19-14-7-8-15-13(9-14)10-18-16(20-15)12-5-3-2-4-6-12;;/h2-10H,1H3,(H2,17,19);2*1H. The molecule has 22 heavy (non-hydrogen) atoms. The summed E-state index contributed by atoms with van der Waals surface area (Å²) in [6, 6.07) is 15.7. The van der Waals surface area contributed by atoms with Crippen LogP contribution in [-0.2, 0) is 0 Å². The van der Waals surface area contributed by atoms with E-state index in [1.165, 1.54) is 0 Å². The van der Waals surface area contributed by atoms with Crippen molar-refractivity contribution in [3.63, 3.8) is 0 Å².